The Morgan fingerprint density at radius 1 is 0.935 bits per heavy atom. The fraction of sp³-hybridized carbons (Fsp3) is 0.185. The summed E-state index contributed by atoms with van der Waals surface area (Å²) in [7, 11) is 0. The summed E-state index contributed by atoms with van der Waals surface area (Å²) in [4.78, 5) is 27.5. The summed E-state index contributed by atoms with van der Waals surface area (Å²) >= 11 is 0. The van der Waals surface area contributed by atoms with Crippen LogP contribution in [0.2, 0.25) is 0 Å². The van der Waals surface area contributed by atoms with Gasteiger partial charge in [0.15, 0.2) is 0 Å². The second-order valence-corrected chi connectivity index (χ2v) is 7.63. The number of hydrogen-bond acceptors (Lipinski definition) is 2. The molecule has 4 nitrogen and oxygen atoms in total. The molecule has 3 rings (SSSR count). The summed E-state index contributed by atoms with van der Waals surface area (Å²) in [6.07, 6.45) is 1.90. The van der Waals surface area contributed by atoms with Gasteiger partial charge in [-0.3, -0.25) is 9.59 Å². The van der Waals surface area contributed by atoms with Crippen LogP contribution in [0, 0.1) is 13.8 Å². The molecule has 0 radical (unpaired) electrons. The van der Waals surface area contributed by atoms with E-state index in [1.54, 1.807) is 11.0 Å². The molecule has 0 unspecified atom stereocenters. The van der Waals surface area contributed by atoms with Crippen LogP contribution in [-0.4, -0.2) is 18.4 Å². The maximum atomic E-state index is 13.5. The first-order valence-electron chi connectivity index (χ1n) is 10.4. The van der Waals surface area contributed by atoms with Crippen molar-refractivity contribution in [2.45, 2.75) is 26.8 Å². The van der Waals surface area contributed by atoms with Crippen molar-refractivity contribution >= 4 is 17.5 Å². The second-order valence-electron chi connectivity index (χ2n) is 7.63. The maximum Gasteiger partial charge on any atom is 0.258 e. The molecule has 3 aromatic carbocycles. The average Bonchev–Trinajstić information content (AvgIpc) is 2.77. The number of nitrogens with zero attached hydrogens (tertiary/aromatic N) is 1. The van der Waals surface area contributed by atoms with Crippen LogP contribution in [0.4, 0.5) is 5.69 Å². The first kappa shape index (κ1) is 22.0. The molecule has 2 amide bonds. The molecule has 158 valence electrons. The summed E-state index contributed by atoms with van der Waals surface area (Å²) in [5.74, 6) is -0.140. The molecule has 0 aromatic heterocycles. The molecular weight excluding hydrogens is 384 g/mol. The van der Waals surface area contributed by atoms with Gasteiger partial charge < -0.3 is 10.2 Å². The summed E-state index contributed by atoms with van der Waals surface area (Å²) in [6, 6.07) is 23.4. The van der Waals surface area contributed by atoms with Crippen molar-refractivity contribution < 1.29 is 9.59 Å². The molecule has 4 heteroatoms. The van der Waals surface area contributed by atoms with E-state index in [0.29, 0.717) is 18.7 Å². The lowest BCUT2D eigenvalue weighted by Crippen LogP contribution is -2.31. The minimum absolute atomic E-state index is 0.0630. The third-order valence-corrected chi connectivity index (χ3v) is 5.11. The van der Waals surface area contributed by atoms with Gasteiger partial charge in [0.25, 0.3) is 5.91 Å². The lowest BCUT2D eigenvalue weighted by Gasteiger charge is -2.24. The number of amides is 2. The lowest BCUT2D eigenvalue weighted by molar-refractivity contribution is -0.120. The van der Waals surface area contributed by atoms with E-state index in [1.165, 1.54) is 5.56 Å². The minimum Gasteiger partial charge on any atom is -0.352 e. The zero-order valence-corrected chi connectivity index (χ0v) is 18.1. The standard InChI is InChI=1S/C27H28N2O2/c1-4-16-28-26(30)18-23-9-7-10-24(17-23)29(19-22-14-12-20(2)13-15-22)27(31)25-11-6-5-8-21(25)3/h4-15,17H,1,16,18-19H2,2-3H3,(H,28,30). The minimum atomic E-state index is -0.0765. The van der Waals surface area contributed by atoms with Crippen LogP contribution in [0.3, 0.4) is 0 Å². The van der Waals surface area contributed by atoms with Crippen molar-refractivity contribution in [2.75, 3.05) is 11.4 Å². The molecule has 0 aliphatic rings. The normalized spacial score (nSPS) is 10.4. The highest BCUT2D eigenvalue weighted by Crippen LogP contribution is 2.23. The van der Waals surface area contributed by atoms with E-state index in [9.17, 15) is 9.59 Å². The Morgan fingerprint density at radius 2 is 1.68 bits per heavy atom. The molecule has 0 fully saturated rings. The van der Waals surface area contributed by atoms with E-state index in [-0.39, 0.29) is 18.2 Å². The first-order chi connectivity index (χ1) is 15.0. The number of carbonyl (C=O) groups is 2. The smallest absolute Gasteiger partial charge is 0.258 e. The van der Waals surface area contributed by atoms with Gasteiger partial charge in [0.1, 0.15) is 0 Å². The highest BCUT2D eigenvalue weighted by molar-refractivity contribution is 6.07. The van der Waals surface area contributed by atoms with Crippen LogP contribution in [-0.2, 0) is 17.8 Å². The Labute approximate surface area is 184 Å². The van der Waals surface area contributed by atoms with Gasteiger partial charge in [-0.25, -0.2) is 0 Å². The van der Waals surface area contributed by atoms with Crippen molar-refractivity contribution in [3.63, 3.8) is 0 Å². The molecule has 3 aromatic rings. The van der Waals surface area contributed by atoms with E-state index < -0.39 is 0 Å². The van der Waals surface area contributed by atoms with E-state index in [1.807, 2.05) is 86.6 Å². The molecule has 0 atom stereocenters. The van der Waals surface area contributed by atoms with Crippen LogP contribution >= 0.6 is 0 Å². The molecule has 0 heterocycles. The highest BCUT2D eigenvalue weighted by Gasteiger charge is 2.20. The summed E-state index contributed by atoms with van der Waals surface area (Å²) < 4.78 is 0. The fourth-order valence-corrected chi connectivity index (χ4v) is 3.38. The lowest BCUT2D eigenvalue weighted by atomic mass is 10.0. The van der Waals surface area contributed by atoms with E-state index in [0.717, 1.165) is 22.4 Å². The number of carbonyl (C=O) groups excluding carboxylic acids is 2. The van der Waals surface area contributed by atoms with E-state index >= 15 is 0 Å². The Bertz CT molecular complexity index is 1070. The van der Waals surface area contributed by atoms with Gasteiger partial charge in [-0.2, -0.15) is 0 Å². The van der Waals surface area contributed by atoms with Gasteiger partial charge >= 0.3 is 0 Å². The Morgan fingerprint density at radius 3 is 2.39 bits per heavy atom. The maximum absolute atomic E-state index is 13.5. The van der Waals surface area contributed by atoms with Crippen molar-refractivity contribution in [3.05, 3.63) is 113 Å². The number of benzene rings is 3. The third-order valence-electron chi connectivity index (χ3n) is 5.11. The number of aryl methyl sites for hydroxylation is 2. The van der Waals surface area contributed by atoms with E-state index in [2.05, 4.69) is 11.9 Å². The zero-order chi connectivity index (χ0) is 22.2. The first-order valence-corrected chi connectivity index (χ1v) is 10.4. The number of rotatable bonds is 8. The van der Waals surface area contributed by atoms with Gasteiger partial charge in [-0.1, -0.05) is 66.2 Å². The molecule has 31 heavy (non-hydrogen) atoms. The number of nitrogens with one attached hydrogen (secondary N) is 1. The van der Waals surface area contributed by atoms with Crippen LogP contribution in [0.25, 0.3) is 0 Å². The number of anilines is 1. The predicted octanol–water partition coefficient (Wildman–Crippen LogP) is 5.00. The largest absolute Gasteiger partial charge is 0.352 e. The Kier molecular flexibility index (Phi) is 7.39. The molecule has 1 N–H and O–H groups in total. The zero-order valence-electron chi connectivity index (χ0n) is 18.1. The molecule has 0 spiro atoms. The highest BCUT2D eigenvalue weighted by atomic mass is 16.2. The molecule has 0 saturated heterocycles. The van der Waals surface area contributed by atoms with Gasteiger partial charge in [-0.15, -0.1) is 6.58 Å². The van der Waals surface area contributed by atoms with Crippen LogP contribution in [0.1, 0.15) is 32.6 Å². The van der Waals surface area contributed by atoms with Crippen LogP contribution in [0.5, 0.6) is 0 Å². The number of hydrogen-bond donors (Lipinski definition) is 1. The van der Waals surface area contributed by atoms with Gasteiger partial charge in [-0.05, 0) is 48.7 Å². The van der Waals surface area contributed by atoms with Gasteiger partial charge in [0, 0.05) is 17.8 Å². The Balaban J connectivity index is 1.94. The summed E-state index contributed by atoms with van der Waals surface area (Å²) in [6.45, 7) is 8.48. The Hall–Kier alpha value is -3.66. The third kappa shape index (κ3) is 5.92. The molecule has 0 bridgehead atoms. The van der Waals surface area contributed by atoms with Crippen LogP contribution in [0.15, 0.2) is 85.5 Å². The molecule has 0 aliphatic heterocycles. The topological polar surface area (TPSA) is 49.4 Å². The van der Waals surface area contributed by atoms with Gasteiger partial charge in [0.2, 0.25) is 5.91 Å². The van der Waals surface area contributed by atoms with Crippen LogP contribution < -0.4 is 10.2 Å². The predicted molar refractivity (Wildman–Crippen MR) is 126 cm³/mol. The monoisotopic (exact) mass is 412 g/mol. The second kappa shape index (κ2) is 10.4. The fourth-order valence-electron chi connectivity index (χ4n) is 3.38. The average molecular weight is 413 g/mol. The van der Waals surface area contributed by atoms with E-state index in [4.69, 9.17) is 0 Å². The van der Waals surface area contributed by atoms with Crippen molar-refractivity contribution in [3.8, 4) is 0 Å². The molecular formula is C27H28N2O2. The molecule has 0 saturated carbocycles. The SMILES string of the molecule is C=CCNC(=O)Cc1cccc(N(Cc2ccc(C)cc2)C(=O)c2ccccc2C)c1. The summed E-state index contributed by atoms with van der Waals surface area (Å²) in [5, 5.41) is 2.79. The quantitative estimate of drug-likeness (QED) is 0.530. The van der Waals surface area contributed by atoms with Crippen molar-refractivity contribution in [2.24, 2.45) is 0 Å². The van der Waals surface area contributed by atoms with Crippen molar-refractivity contribution in [1.29, 1.82) is 0 Å². The van der Waals surface area contributed by atoms with Crippen molar-refractivity contribution in [1.82, 2.24) is 5.32 Å². The molecule has 0 aliphatic carbocycles. The summed E-state index contributed by atoms with van der Waals surface area (Å²) in [5.41, 5.74) is 5.44. The van der Waals surface area contributed by atoms with Gasteiger partial charge in [0.05, 0.1) is 13.0 Å².